The van der Waals surface area contributed by atoms with Crippen LogP contribution in [0.5, 0.6) is 0 Å². The van der Waals surface area contributed by atoms with Crippen LogP contribution in [0, 0.1) is 12.8 Å². The summed E-state index contributed by atoms with van der Waals surface area (Å²) in [5, 5.41) is 29.2. The zero-order valence-corrected chi connectivity index (χ0v) is 20.0. The Kier molecular flexibility index (Phi) is 8.63. The molecular weight excluding hydrogens is 404 g/mol. The molecule has 0 bridgehead atoms. The third-order valence-corrected chi connectivity index (χ3v) is 8.31. The predicted octanol–water partition coefficient (Wildman–Crippen LogP) is 5.53. The van der Waals surface area contributed by atoms with Gasteiger partial charge in [0.05, 0.1) is 19.3 Å². The summed E-state index contributed by atoms with van der Waals surface area (Å²) in [7, 11) is 0. The van der Waals surface area contributed by atoms with E-state index < -0.39 is 0 Å². The molecule has 2 aromatic carbocycles. The van der Waals surface area contributed by atoms with Gasteiger partial charge in [-0.05, 0) is 77.8 Å². The minimum atomic E-state index is -0.272. The van der Waals surface area contributed by atoms with Gasteiger partial charge in [-0.3, -0.25) is 0 Å². The molecule has 2 aromatic rings. The molecule has 0 heterocycles. The smallest absolute Gasteiger partial charge is 0.0685 e. The van der Waals surface area contributed by atoms with E-state index in [4.69, 9.17) is 0 Å². The van der Waals surface area contributed by atoms with E-state index in [1.807, 2.05) is 6.07 Å². The Balaban J connectivity index is 1.74. The van der Waals surface area contributed by atoms with Gasteiger partial charge >= 0.3 is 0 Å². The van der Waals surface area contributed by atoms with Gasteiger partial charge in [-0.2, -0.15) is 0 Å². The van der Waals surface area contributed by atoms with Crippen molar-refractivity contribution < 1.29 is 15.3 Å². The molecule has 0 spiro atoms. The lowest BCUT2D eigenvalue weighted by Crippen LogP contribution is -2.23. The van der Waals surface area contributed by atoms with Crippen molar-refractivity contribution in [2.45, 2.75) is 88.9 Å². The Labute approximate surface area is 191 Å². The van der Waals surface area contributed by atoms with Crippen molar-refractivity contribution in [1.82, 2.24) is 0 Å². The summed E-state index contributed by atoms with van der Waals surface area (Å²) < 4.78 is 0. The molecule has 0 amide bonds. The van der Waals surface area contributed by atoms with E-state index in [-0.39, 0.29) is 30.7 Å². The predicted molar refractivity (Wildman–Crippen MR) is 130 cm³/mol. The van der Waals surface area contributed by atoms with E-state index in [0.717, 1.165) is 29.7 Å². The number of hydrogen-bond donors (Lipinski definition) is 3. The normalized spacial score (nSPS) is 16.7. The molecule has 3 nitrogen and oxygen atoms in total. The van der Waals surface area contributed by atoms with Crippen molar-refractivity contribution in [3.8, 4) is 0 Å². The molecule has 170 valence electrons. The molecule has 1 saturated carbocycles. The van der Waals surface area contributed by atoms with Crippen LogP contribution < -0.4 is 0 Å². The fourth-order valence-corrected chi connectivity index (χ4v) is 5.95. The second kappa shape index (κ2) is 11.0. The van der Waals surface area contributed by atoms with E-state index >= 15 is 0 Å². The van der Waals surface area contributed by atoms with E-state index in [9.17, 15) is 15.3 Å². The first-order valence-electron chi connectivity index (χ1n) is 11.6. The first kappa shape index (κ1) is 24.3. The number of aliphatic hydroxyl groups excluding tert-OH is 3. The summed E-state index contributed by atoms with van der Waals surface area (Å²) in [6.45, 7) is 6.26. The summed E-state index contributed by atoms with van der Waals surface area (Å²) in [6, 6.07) is 13.0. The van der Waals surface area contributed by atoms with Crippen LogP contribution in [0.4, 0.5) is 0 Å². The molecule has 1 fully saturated rings. The number of thioether (sulfide) groups is 1. The minimum Gasteiger partial charge on any atom is -0.392 e. The Morgan fingerprint density at radius 3 is 2.29 bits per heavy atom. The van der Waals surface area contributed by atoms with Crippen molar-refractivity contribution in [2.75, 3.05) is 5.75 Å². The fraction of sp³-hybridized carbons (Fsp3) is 0.556. The van der Waals surface area contributed by atoms with Crippen LogP contribution in [-0.2, 0) is 25.0 Å². The SMILES string of the molecule is Cc1cc(C2(CCc3ccc(CO)c(CO)c3)CCCC2)ccc1SCC(O)C(C)C. The Morgan fingerprint density at radius 1 is 0.968 bits per heavy atom. The highest BCUT2D eigenvalue weighted by molar-refractivity contribution is 7.99. The van der Waals surface area contributed by atoms with E-state index in [1.54, 1.807) is 11.8 Å². The maximum atomic E-state index is 10.1. The Hall–Kier alpha value is -1.33. The summed E-state index contributed by atoms with van der Waals surface area (Å²) in [6.07, 6.45) is 6.83. The van der Waals surface area contributed by atoms with Crippen LogP contribution >= 0.6 is 11.8 Å². The summed E-state index contributed by atoms with van der Waals surface area (Å²) in [4.78, 5) is 1.27. The van der Waals surface area contributed by atoms with Gasteiger partial charge in [0, 0.05) is 10.6 Å². The van der Waals surface area contributed by atoms with Gasteiger partial charge in [-0.25, -0.2) is 0 Å². The average Bonchev–Trinajstić information content (AvgIpc) is 3.26. The van der Waals surface area contributed by atoms with Crippen LogP contribution in [0.25, 0.3) is 0 Å². The highest BCUT2D eigenvalue weighted by atomic mass is 32.2. The van der Waals surface area contributed by atoms with Crippen molar-refractivity contribution in [3.05, 3.63) is 64.2 Å². The third-order valence-electron chi connectivity index (χ3n) is 7.03. The topological polar surface area (TPSA) is 60.7 Å². The van der Waals surface area contributed by atoms with Gasteiger partial charge in [0.25, 0.3) is 0 Å². The van der Waals surface area contributed by atoms with Crippen LogP contribution in [0.15, 0.2) is 41.3 Å². The molecular formula is C27H38O3S. The summed E-state index contributed by atoms with van der Waals surface area (Å²) in [5.74, 6) is 1.02. The first-order valence-corrected chi connectivity index (χ1v) is 12.6. The average molecular weight is 443 g/mol. The molecule has 0 radical (unpaired) electrons. The molecule has 0 saturated heterocycles. The number of aryl methyl sites for hydroxylation is 2. The van der Waals surface area contributed by atoms with E-state index in [2.05, 4.69) is 51.1 Å². The molecule has 1 aliphatic carbocycles. The van der Waals surface area contributed by atoms with Gasteiger partial charge in [0.2, 0.25) is 0 Å². The fourth-order valence-electron chi connectivity index (χ4n) is 4.76. The molecule has 3 rings (SSSR count). The lowest BCUT2D eigenvalue weighted by Gasteiger charge is -2.31. The first-order chi connectivity index (χ1) is 14.9. The van der Waals surface area contributed by atoms with Crippen LogP contribution in [-0.4, -0.2) is 27.2 Å². The quantitative estimate of drug-likeness (QED) is 0.423. The minimum absolute atomic E-state index is 0.0291. The molecule has 4 heteroatoms. The zero-order chi connectivity index (χ0) is 22.4. The van der Waals surface area contributed by atoms with E-state index in [0.29, 0.717) is 0 Å². The van der Waals surface area contributed by atoms with Crippen LogP contribution in [0.1, 0.15) is 73.8 Å². The zero-order valence-electron chi connectivity index (χ0n) is 19.2. The summed E-state index contributed by atoms with van der Waals surface area (Å²) in [5.41, 5.74) is 5.86. The molecule has 1 atom stereocenters. The highest BCUT2D eigenvalue weighted by Gasteiger charge is 2.35. The number of rotatable bonds is 10. The van der Waals surface area contributed by atoms with Gasteiger partial charge in [-0.1, -0.05) is 57.0 Å². The molecule has 1 aliphatic rings. The standard InChI is InChI=1S/C27H38O3S/c1-19(2)25(30)18-31-26-9-8-24(14-20(26)3)27(11-4-5-12-27)13-10-21-6-7-22(16-28)23(15-21)17-29/h6-9,14-15,19,25,28-30H,4-5,10-13,16-18H2,1-3H3. The van der Waals surface area contributed by atoms with Crippen molar-refractivity contribution in [3.63, 3.8) is 0 Å². The second-order valence-corrected chi connectivity index (χ2v) is 10.6. The van der Waals surface area contributed by atoms with Crippen LogP contribution in [0.2, 0.25) is 0 Å². The second-order valence-electron chi connectivity index (χ2n) is 9.51. The van der Waals surface area contributed by atoms with Gasteiger partial charge in [0.15, 0.2) is 0 Å². The summed E-state index contributed by atoms with van der Waals surface area (Å²) >= 11 is 1.76. The maximum absolute atomic E-state index is 10.1. The molecule has 3 N–H and O–H groups in total. The van der Waals surface area contributed by atoms with Gasteiger partial charge in [0.1, 0.15) is 0 Å². The molecule has 1 unspecified atom stereocenters. The highest BCUT2D eigenvalue weighted by Crippen LogP contribution is 2.45. The lowest BCUT2D eigenvalue weighted by atomic mass is 9.74. The van der Waals surface area contributed by atoms with Gasteiger partial charge < -0.3 is 15.3 Å². The number of benzene rings is 2. The van der Waals surface area contributed by atoms with Crippen molar-refractivity contribution in [1.29, 1.82) is 0 Å². The number of hydrogen-bond acceptors (Lipinski definition) is 4. The molecule has 31 heavy (non-hydrogen) atoms. The van der Waals surface area contributed by atoms with Gasteiger partial charge in [-0.15, -0.1) is 11.8 Å². The lowest BCUT2D eigenvalue weighted by molar-refractivity contribution is 0.149. The Morgan fingerprint density at radius 2 is 1.68 bits per heavy atom. The van der Waals surface area contributed by atoms with E-state index in [1.165, 1.54) is 47.3 Å². The number of aliphatic hydroxyl groups is 3. The molecule has 0 aliphatic heterocycles. The third kappa shape index (κ3) is 5.92. The Bertz CT molecular complexity index is 856. The van der Waals surface area contributed by atoms with Crippen LogP contribution in [0.3, 0.4) is 0 Å². The van der Waals surface area contributed by atoms with Crippen molar-refractivity contribution >= 4 is 11.8 Å². The monoisotopic (exact) mass is 442 g/mol. The van der Waals surface area contributed by atoms with Crippen molar-refractivity contribution in [2.24, 2.45) is 5.92 Å². The largest absolute Gasteiger partial charge is 0.392 e. The maximum Gasteiger partial charge on any atom is 0.0685 e. The molecule has 0 aromatic heterocycles.